The Labute approximate surface area is 485 Å². The minimum atomic E-state index is -2.20. The normalized spacial score (nSPS) is 26.9. The Morgan fingerprint density at radius 1 is 0.412 bits per heavy atom. The Balaban J connectivity index is 1.43. The van der Waals surface area contributed by atoms with E-state index < -0.39 is 158 Å². The van der Waals surface area contributed by atoms with Crippen LogP contribution in [-0.2, 0) is 99.9 Å². The molecule has 27 heteroatoms. The summed E-state index contributed by atoms with van der Waals surface area (Å²) in [6.45, 7) is 3.97. The third-order valence-corrected chi connectivity index (χ3v) is 12.9. The van der Waals surface area contributed by atoms with Crippen LogP contribution in [0.1, 0.15) is 65.7 Å². The molecule has 3 saturated heterocycles. The van der Waals surface area contributed by atoms with E-state index in [9.17, 15) is 47.9 Å². The van der Waals surface area contributed by atoms with E-state index in [1.54, 1.807) is 42.5 Å². The van der Waals surface area contributed by atoms with Gasteiger partial charge in [0.25, 0.3) is 0 Å². The molecule has 1 N–H and O–H groups in total. The van der Waals surface area contributed by atoms with Gasteiger partial charge in [-0.15, -0.1) is 0 Å². The first kappa shape index (κ1) is 63.6. The number of esters is 9. The Morgan fingerprint density at radius 2 is 0.824 bits per heavy atom. The highest BCUT2D eigenvalue weighted by Gasteiger charge is 2.61. The number of hydrogen-bond acceptors (Lipinski definition) is 26. The molecular weight excluding hydrogens is 1130 g/mol. The lowest BCUT2D eigenvalue weighted by Crippen LogP contribution is -2.71. The van der Waals surface area contributed by atoms with Crippen molar-refractivity contribution in [1.29, 1.82) is 0 Å². The van der Waals surface area contributed by atoms with E-state index in [-0.39, 0.29) is 22.4 Å². The van der Waals surface area contributed by atoms with Crippen LogP contribution in [0.5, 0.6) is 11.5 Å². The topological polar surface area (TPSA) is 330 Å². The van der Waals surface area contributed by atoms with Crippen LogP contribution >= 0.6 is 0 Å². The van der Waals surface area contributed by atoms with Gasteiger partial charge in [-0.1, -0.05) is 54.6 Å². The maximum atomic E-state index is 14.5. The molecule has 15 atom stereocenters. The number of carbonyl (C=O) groups excluding carboxylic acids is 10. The van der Waals surface area contributed by atoms with Crippen molar-refractivity contribution in [3.8, 4) is 11.5 Å². The van der Waals surface area contributed by atoms with Gasteiger partial charge in [-0.3, -0.25) is 24.0 Å². The predicted octanol–water partition coefficient (Wildman–Crippen LogP) is 2.90. The lowest BCUT2D eigenvalue weighted by molar-refractivity contribution is -0.357. The number of rotatable bonds is 21. The molecule has 1 amide bonds. The summed E-state index contributed by atoms with van der Waals surface area (Å²) < 4.78 is 94.9. The number of hydrogen-bond donors (Lipinski definition) is 1. The van der Waals surface area contributed by atoms with Gasteiger partial charge >= 0.3 is 53.7 Å². The minimum absolute atomic E-state index is 0.0151. The molecular formula is C58H61NO26. The molecule has 0 radical (unpaired) electrons. The zero-order valence-electron chi connectivity index (χ0n) is 47.0. The van der Waals surface area contributed by atoms with Crippen molar-refractivity contribution < 1.29 is 124 Å². The fourth-order valence-electron chi connectivity index (χ4n) is 9.29. The SMILES string of the molecule is COC(=O)[C@H]1O[C@@H](O[C@@H]2[C@@H](NC(C)=O)[C@H](O[C@H]3[C@H](OC(=O)c4ccccc4)[C@@H](OC(=O)c4ccccc4)[C@H](Oc4ccc(OC)cc4)O[C@@H]3C(=O)OC)O[C@H](COC(=O)c3ccccc3)[C@H]2OC(C)=O)[C@H](OC(C)=O)[C@@H](OC(C)=O)[C@@H]1OC(C)=O. The summed E-state index contributed by atoms with van der Waals surface area (Å²) >= 11 is 0. The Hall–Kier alpha value is -9.02. The second-order valence-corrected chi connectivity index (χ2v) is 18.9. The van der Waals surface area contributed by atoms with Crippen LogP contribution in [0.2, 0.25) is 0 Å². The molecule has 27 nitrogen and oxygen atoms in total. The van der Waals surface area contributed by atoms with Crippen molar-refractivity contribution in [1.82, 2.24) is 5.32 Å². The maximum Gasteiger partial charge on any atom is 0.339 e. The summed E-state index contributed by atoms with van der Waals surface area (Å²) in [5, 5.41) is 2.60. The molecule has 3 aliphatic rings. The van der Waals surface area contributed by atoms with Crippen molar-refractivity contribution in [2.45, 2.75) is 127 Å². The Kier molecular flexibility index (Phi) is 22.0. The highest BCUT2D eigenvalue weighted by atomic mass is 16.8. The molecule has 4 aromatic rings. The maximum absolute atomic E-state index is 14.5. The number of nitrogens with one attached hydrogen (secondary N) is 1. The zero-order valence-corrected chi connectivity index (χ0v) is 47.0. The first-order valence-corrected chi connectivity index (χ1v) is 26.1. The van der Waals surface area contributed by atoms with Gasteiger partial charge < -0.3 is 81.1 Å². The summed E-state index contributed by atoms with van der Waals surface area (Å²) in [6, 6.07) is 26.6. The Morgan fingerprint density at radius 3 is 1.32 bits per heavy atom. The van der Waals surface area contributed by atoms with Crippen LogP contribution < -0.4 is 14.8 Å². The van der Waals surface area contributed by atoms with Crippen LogP contribution in [0.3, 0.4) is 0 Å². The zero-order chi connectivity index (χ0) is 61.5. The third kappa shape index (κ3) is 16.4. The van der Waals surface area contributed by atoms with Gasteiger partial charge in [-0.2, -0.15) is 0 Å². The molecule has 4 aromatic carbocycles. The third-order valence-electron chi connectivity index (χ3n) is 12.9. The van der Waals surface area contributed by atoms with E-state index in [4.69, 9.17) is 75.8 Å². The minimum Gasteiger partial charge on any atom is -0.497 e. The van der Waals surface area contributed by atoms with Crippen molar-refractivity contribution in [2.75, 3.05) is 27.9 Å². The van der Waals surface area contributed by atoms with Crippen molar-refractivity contribution >= 4 is 59.6 Å². The summed E-state index contributed by atoms with van der Waals surface area (Å²) in [7, 11) is 3.35. The summed E-state index contributed by atoms with van der Waals surface area (Å²) in [5.74, 6) is -10.2. The van der Waals surface area contributed by atoms with Crippen molar-refractivity contribution in [2.24, 2.45) is 0 Å². The van der Waals surface area contributed by atoms with Gasteiger partial charge in [0.15, 0.2) is 55.3 Å². The van der Waals surface area contributed by atoms with E-state index in [1.165, 1.54) is 79.9 Å². The fraction of sp³-hybridized carbons (Fsp3) is 0.414. The van der Waals surface area contributed by atoms with Gasteiger partial charge in [0.1, 0.15) is 42.5 Å². The summed E-state index contributed by atoms with van der Waals surface area (Å²) in [4.78, 5) is 136. The molecule has 7 rings (SSSR count). The second kappa shape index (κ2) is 29.5. The number of carbonyl (C=O) groups is 10. The molecule has 0 aliphatic carbocycles. The van der Waals surface area contributed by atoms with Crippen molar-refractivity contribution in [3.05, 3.63) is 132 Å². The molecule has 3 fully saturated rings. The summed E-state index contributed by atoms with van der Waals surface area (Å²) in [5.41, 5.74) is -0.0367. The first-order chi connectivity index (χ1) is 40.7. The quantitative estimate of drug-likeness (QED) is 0.0926. The van der Waals surface area contributed by atoms with Crippen LogP contribution in [0.25, 0.3) is 0 Å². The molecule has 85 heavy (non-hydrogen) atoms. The molecule has 454 valence electrons. The number of ether oxygens (including phenoxy) is 16. The standard InChI is InChI=1S/C58H61NO26/c1-29(60)59-40-42(82-58-49(77-33(5)64)45(76-32(4)63)43(75-31(3)62)47(85-58)54(68)71-7)41(74-30(2)61)39(28-73-51(65)34-18-12-9-13-19-34)79-56(40)83-44-46(80-52(66)35-20-14-10-15-21-35)50(81-53(67)36-22-16-11-17-23-36)57(84-48(44)55(69)72-8)78-38-26-24-37(70-6)25-27-38/h9-27,39-50,56-58H,28H2,1-8H3,(H,59,60)/t39-,40-,41-,42-,43+,44+,45+,46+,47+,48+,49-,50-,56+,57-,58-/m1/s1. The first-order valence-electron chi connectivity index (χ1n) is 26.1. The monoisotopic (exact) mass is 1190 g/mol. The van der Waals surface area contributed by atoms with Gasteiger partial charge in [0, 0.05) is 34.6 Å². The molecule has 0 spiro atoms. The highest BCUT2D eigenvalue weighted by molar-refractivity contribution is 5.91. The number of methoxy groups -OCH3 is 3. The average Bonchev–Trinajstić information content (AvgIpc) is 3.54. The molecule has 0 aromatic heterocycles. The van der Waals surface area contributed by atoms with Gasteiger partial charge in [-0.25, -0.2) is 24.0 Å². The van der Waals surface area contributed by atoms with E-state index in [0.29, 0.717) is 5.75 Å². The molecule has 3 aliphatic heterocycles. The highest BCUT2D eigenvalue weighted by Crippen LogP contribution is 2.39. The summed E-state index contributed by atoms with van der Waals surface area (Å²) in [6.07, 6.45) is -28.0. The smallest absolute Gasteiger partial charge is 0.339 e. The average molecular weight is 1190 g/mol. The van der Waals surface area contributed by atoms with Gasteiger partial charge in [0.2, 0.25) is 18.3 Å². The van der Waals surface area contributed by atoms with E-state index in [1.807, 2.05) is 0 Å². The lowest BCUT2D eigenvalue weighted by Gasteiger charge is -2.50. The van der Waals surface area contributed by atoms with E-state index >= 15 is 0 Å². The van der Waals surface area contributed by atoms with Crippen LogP contribution in [0.4, 0.5) is 0 Å². The number of amides is 1. The Bertz CT molecular complexity index is 3000. The second-order valence-electron chi connectivity index (χ2n) is 18.9. The van der Waals surface area contributed by atoms with Gasteiger partial charge in [0.05, 0.1) is 38.0 Å². The molecule has 0 unspecified atom stereocenters. The van der Waals surface area contributed by atoms with E-state index in [2.05, 4.69) is 5.32 Å². The predicted molar refractivity (Wildman–Crippen MR) is 281 cm³/mol. The molecule has 0 saturated carbocycles. The number of benzene rings is 4. The molecule has 0 bridgehead atoms. The van der Waals surface area contributed by atoms with Crippen LogP contribution in [0.15, 0.2) is 115 Å². The van der Waals surface area contributed by atoms with Gasteiger partial charge in [-0.05, 0) is 60.7 Å². The van der Waals surface area contributed by atoms with Crippen molar-refractivity contribution in [3.63, 3.8) is 0 Å². The van der Waals surface area contributed by atoms with Crippen LogP contribution in [-0.4, -0.2) is 180 Å². The lowest BCUT2D eigenvalue weighted by atomic mass is 9.93. The largest absolute Gasteiger partial charge is 0.497 e. The molecule has 3 heterocycles. The fourth-order valence-corrected chi connectivity index (χ4v) is 9.29. The van der Waals surface area contributed by atoms with Crippen LogP contribution in [0, 0.1) is 0 Å². The van der Waals surface area contributed by atoms with E-state index in [0.717, 1.165) is 48.8 Å².